The molecule has 1 fully saturated rings. The van der Waals surface area contributed by atoms with Gasteiger partial charge in [-0.3, -0.25) is 4.90 Å². The molecule has 0 amide bonds. The second-order valence-corrected chi connectivity index (χ2v) is 5.55. The molecule has 1 N–H and O–H groups in total. The van der Waals surface area contributed by atoms with Gasteiger partial charge < -0.3 is 10.1 Å². The lowest BCUT2D eigenvalue weighted by Crippen LogP contribution is -2.37. The molecule has 0 aliphatic carbocycles. The molecule has 3 nitrogen and oxygen atoms in total. The summed E-state index contributed by atoms with van der Waals surface area (Å²) < 4.78 is 5.67. The van der Waals surface area contributed by atoms with Crippen molar-refractivity contribution in [2.45, 2.75) is 45.7 Å². The van der Waals surface area contributed by atoms with Crippen LogP contribution in [0.5, 0.6) is 5.75 Å². The zero-order valence-corrected chi connectivity index (χ0v) is 12.9. The minimum atomic E-state index is 0.722. The number of benzene rings is 1. The molecular weight excluding hydrogens is 248 g/mol. The largest absolute Gasteiger partial charge is 0.494 e. The fourth-order valence-corrected chi connectivity index (χ4v) is 2.89. The van der Waals surface area contributed by atoms with Crippen LogP contribution in [0.4, 0.5) is 0 Å². The van der Waals surface area contributed by atoms with E-state index in [1.165, 1.54) is 31.5 Å². The zero-order chi connectivity index (χ0) is 14.2. The zero-order valence-electron chi connectivity index (χ0n) is 12.9. The van der Waals surface area contributed by atoms with Crippen LogP contribution in [0.3, 0.4) is 0 Å². The SMILES string of the molecule is CCCOc1cccc(CNC[C@H]2CCCN2CC)c1. The molecule has 3 heteroatoms. The van der Waals surface area contributed by atoms with Gasteiger partial charge >= 0.3 is 0 Å². The molecule has 1 heterocycles. The number of likely N-dealkylation sites (tertiary alicyclic amines) is 1. The van der Waals surface area contributed by atoms with Gasteiger partial charge in [0, 0.05) is 19.1 Å². The summed E-state index contributed by atoms with van der Waals surface area (Å²) in [4.78, 5) is 2.58. The summed E-state index contributed by atoms with van der Waals surface area (Å²) in [5.74, 6) is 0.988. The van der Waals surface area contributed by atoms with Crippen molar-refractivity contribution in [3.8, 4) is 5.75 Å². The highest BCUT2D eigenvalue weighted by Gasteiger charge is 2.21. The van der Waals surface area contributed by atoms with Crippen molar-refractivity contribution in [3.63, 3.8) is 0 Å². The molecule has 0 spiro atoms. The predicted octanol–water partition coefficient (Wildman–Crippen LogP) is 3.05. The number of nitrogens with zero attached hydrogens (tertiary/aromatic N) is 1. The molecule has 1 aliphatic heterocycles. The van der Waals surface area contributed by atoms with Crippen LogP contribution < -0.4 is 10.1 Å². The Balaban J connectivity index is 1.76. The standard InChI is InChI=1S/C17H28N2O/c1-3-11-20-17-9-5-7-15(12-17)13-18-14-16-8-6-10-19(16)4-2/h5,7,9,12,16,18H,3-4,6,8,10-11,13-14H2,1-2H3/t16-/m1/s1. The fraction of sp³-hybridized carbons (Fsp3) is 0.647. The van der Waals surface area contributed by atoms with Crippen LogP contribution in [0.1, 0.15) is 38.7 Å². The third-order valence-corrected chi connectivity index (χ3v) is 3.99. The van der Waals surface area contributed by atoms with Gasteiger partial charge in [-0.15, -0.1) is 0 Å². The third-order valence-electron chi connectivity index (χ3n) is 3.99. The Hall–Kier alpha value is -1.06. The van der Waals surface area contributed by atoms with Gasteiger partial charge in [-0.05, 0) is 50.0 Å². The maximum absolute atomic E-state index is 5.67. The molecule has 1 saturated heterocycles. The highest BCUT2D eigenvalue weighted by atomic mass is 16.5. The highest BCUT2D eigenvalue weighted by molar-refractivity contribution is 5.28. The highest BCUT2D eigenvalue weighted by Crippen LogP contribution is 2.16. The summed E-state index contributed by atoms with van der Waals surface area (Å²) in [6, 6.07) is 9.15. The molecule has 0 saturated carbocycles. The lowest BCUT2D eigenvalue weighted by Gasteiger charge is -2.23. The van der Waals surface area contributed by atoms with Crippen LogP contribution in [-0.2, 0) is 6.54 Å². The van der Waals surface area contributed by atoms with Crippen molar-refractivity contribution in [1.29, 1.82) is 0 Å². The van der Waals surface area contributed by atoms with E-state index in [1.807, 2.05) is 6.07 Å². The van der Waals surface area contributed by atoms with Gasteiger partial charge in [-0.25, -0.2) is 0 Å². The second kappa shape index (κ2) is 8.28. The van der Waals surface area contributed by atoms with Crippen LogP contribution >= 0.6 is 0 Å². The van der Waals surface area contributed by atoms with Crippen LogP contribution in [0.25, 0.3) is 0 Å². The van der Waals surface area contributed by atoms with E-state index in [0.29, 0.717) is 0 Å². The Morgan fingerprint density at radius 2 is 2.25 bits per heavy atom. The number of likely N-dealkylation sites (N-methyl/N-ethyl adjacent to an activating group) is 1. The van der Waals surface area contributed by atoms with Crippen molar-refractivity contribution in [3.05, 3.63) is 29.8 Å². The molecule has 1 aromatic carbocycles. The van der Waals surface area contributed by atoms with E-state index in [0.717, 1.165) is 37.9 Å². The number of ether oxygens (including phenoxy) is 1. The normalized spacial score (nSPS) is 19.4. The van der Waals surface area contributed by atoms with Gasteiger partial charge in [-0.1, -0.05) is 26.0 Å². The smallest absolute Gasteiger partial charge is 0.119 e. The average Bonchev–Trinajstić information content (AvgIpc) is 2.93. The quantitative estimate of drug-likeness (QED) is 0.790. The Morgan fingerprint density at radius 3 is 3.05 bits per heavy atom. The van der Waals surface area contributed by atoms with Crippen molar-refractivity contribution in [1.82, 2.24) is 10.2 Å². The Labute approximate surface area is 123 Å². The number of hydrogen-bond donors (Lipinski definition) is 1. The van der Waals surface area contributed by atoms with Gasteiger partial charge in [0.05, 0.1) is 6.61 Å². The van der Waals surface area contributed by atoms with Gasteiger partial charge in [0.1, 0.15) is 5.75 Å². The average molecular weight is 276 g/mol. The van der Waals surface area contributed by atoms with Crippen LogP contribution in [0, 0.1) is 0 Å². The molecule has 20 heavy (non-hydrogen) atoms. The predicted molar refractivity (Wildman–Crippen MR) is 84.2 cm³/mol. The molecule has 1 aliphatic rings. The minimum absolute atomic E-state index is 0.722. The van der Waals surface area contributed by atoms with Crippen LogP contribution in [0.15, 0.2) is 24.3 Å². The van der Waals surface area contributed by atoms with E-state index in [9.17, 15) is 0 Å². The first-order valence-electron chi connectivity index (χ1n) is 8.00. The van der Waals surface area contributed by atoms with Crippen molar-refractivity contribution >= 4 is 0 Å². The number of hydrogen-bond acceptors (Lipinski definition) is 3. The summed E-state index contributed by atoms with van der Waals surface area (Å²) in [7, 11) is 0. The topological polar surface area (TPSA) is 24.5 Å². The third kappa shape index (κ3) is 4.50. The Morgan fingerprint density at radius 1 is 1.35 bits per heavy atom. The monoisotopic (exact) mass is 276 g/mol. The summed E-state index contributed by atoms with van der Waals surface area (Å²) >= 11 is 0. The molecule has 0 aromatic heterocycles. The summed E-state index contributed by atoms with van der Waals surface area (Å²) in [5, 5.41) is 3.59. The fourth-order valence-electron chi connectivity index (χ4n) is 2.89. The molecular formula is C17H28N2O. The van der Waals surface area contributed by atoms with Gasteiger partial charge in [0.25, 0.3) is 0 Å². The van der Waals surface area contributed by atoms with Crippen molar-refractivity contribution in [2.24, 2.45) is 0 Å². The van der Waals surface area contributed by atoms with E-state index in [1.54, 1.807) is 0 Å². The lowest BCUT2D eigenvalue weighted by atomic mass is 10.2. The number of nitrogens with one attached hydrogen (secondary N) is 1. The van der Waals surface area contributed by atoms with E-state index in [2.05, 4.69) is 42.3 Å². The second-order valence-electron chi connectivity index (χ2n) is 5.55. The Bertz CT molecular complexity index is 394. The maximum Gasteiger partial charge on any atom is 0.119 e. The first kappa shape index (κ1) is 15.3. The van der Waals surface area contributed by atoms with E-state index in [4.69, 9.17) is 4.74 Å². The molecule has 0 unspecified atom stereocenters. The first-order valence-corrected chi connectivity index (χ1v) is 8.00. The maximum atomic E-state index is 5.67. The minimum Gasteiger partial charge on any atom is -0.494 e. The van der Waals surface area contributed by atoms with Gasteiger partial charge in [-0.2, -0.15) is 0 Å². The van der Waals surface area contributed by atoms with Crippen LogP contribution in [0.2, 0.25) is 0 Å². The van der Waals surface area contributed by atoms with Crippen molar-refractivity contribution < 1.29 is 4.74 Å². The van der Waals surface area contributed by atoms with Crippen LogP contribution in [-0.4, -0.2) is 37.2 Å². The molecule has 2 rings (SSSR count). The summed E-state index contributed by atoms with van der Waals surface area (Å²) in [5.41, 5.74) is 1.31. The lowest BCUT2D eigenvalue weighted by molar-refractivity contribution is 0.260. The first-order chi connectivity index (χ1) is 9.83. The summed E-state index contributed by atoms with van der Waals surface area (Å²) in [6.45, 7) is 9.64. The molecule has 0 radical (unpaired) electrons. The summed E-state index contributed by atoms with van der Waals surface area (Å²) in [6.07, 6.45) is 3.73. The van der Waals surface area contributed by atoms with Gasteiger partial charge in [0.15, 0.2) is 0 Å². The Kier molecular flexibility index (Phi) is 6.34. The number of rotatable bonds is 8. The van der Waals surface area contributed by atoms with E-state index >= 15 is 0 Å². The van der Waals surface area contributed by atoms with Crippen molar-refractivity contribution in [2.75, 3.05) is 26.2 Å². The molecule has 1 atom stereocenters. The molecule has 0 bridgehead atoms. The molecule has 1 aromatic rings. The van der Waals surface area contributed by atoms with E-state index < -0.39 is 0 Å². The van der Waals surface area contributed by atoms with Gasteiger partial charge in [0.2, 0.25) is 0 Å². The molecule has 112 valence electrons. The van der Waals surface area contributed by atoms with E-state index in [-0.39, 0.29) is 0 Å².